The second-order valence-corrected chi connectivity index (χ2v) is 10.0. The van der Waals surface area contributed by atoms with Crippen LogP contribution in [0.25, 0.3) is 22.4 Å². The Bertz CT molecular complexity index is 1020. The monoisotopic (exact) mass is 354 g/mol. The Labute approximate surface area is 163 Å². The van der Waals surface area contributed by atoms with Crippen molar-refractivity contribution in [2.24, 2.45) is 0 Å². The van der Waals surface area contributed by atoms with Crippen molar-refractivity contribution >= 4 is 22.4 Å². The fourth-order valence-electron chi connectivity index (χ4n) is 3.90. The van der Waals surface area contributed by atoms with E-state index in [1.54, 1.807) is 0 Å². The number of fused-ring (bicyclic) bond motifs is 2. The third kappa shape index (κ3) is 3.46. The first-order valence-electron chi connectivity index (χ1n) is 10.00. The zero-order valence-corrected chi connectivity index (χ0v) is 17.5. The molecule has 0 saturated heterocycles. The van der Waals surface area contributed by atoms with Crippen molar-refractivity contribution in [1.29, 1.82) is 0 Å². The predicted molar refractivity (Wildman–Crippen MR) is 119 cm³/mol. The van der Waals surface area contributed by atoms with Crippen LogP contribution in [0.3, 0.4) is 0 Å². The van der Waals surface area contributed by atoms with Crippen LogP contribution in [0.4, 0.5) is 0 Å². The van der Waals surface area contributed by atoms with Gasteiger partial charge in [0, 0.05) is 0 Å². The van der Waals surface area contributed by atoms with E-state index >= 15 is 0 Å². The van der Waals surface area contributed by atoms with Crippen molar-refractivity contribution in [1.82, 2.24) is 0 Å². The first kappa shape index (κ1) is 18.0. The summed E-state index contributed by atoms with van der Waals surface area (Å²) in [5.41, 5.74) is 8.79. The Morgan fingerprint density at radius 1 is 0.667 bits per heavy atom. The number of hydrogen-bond acceptors (Lipinski definition) is 0. The quantitative estimate of drug-likeness (QED) is 0.423. The molecule has 0 radical (unpaired) electrons. The van der Waals surface area contributed by atoms with Gasteiger partial charge in [-0.2, -0.15) is 0 Å². The molecule has 3 aromatic rings. The minimum atomic E-state index is 0.150. The lowest BCUT2D eigenvalue weighted by Gasteiger charge is -2.26. The molecule has 0 amide bonds. The molecule has 0 saturated carbocycles. The molecule has 27 heavy (non-hydrogen) atoms. The smallest absolute Gasteiger partial charge is 0.00134 e. The molecular weight excluding hydrogens is 324 g/mol. The van der Waals surface area contributed by atoms with Gasteiger partial charge in [0.15, 0.2) is 0 Å². The Kier molecular flexibility index (Phi) is 4.07. The average Bonchev–Trinajstić information content (AvgIpc) is 3.00. The average molecular weight is 355 g/mol. The van der Waals surface area contributed by atoms with Gasteiger partial charge in [0.05, 0.1) is 0 Å². The summed E-state index contributed by atoms with van der Waals surface area (Å²) in [6.07, 6.45) is 3.42. The Morgan fingerprint density at radius 3 is 1.78 bits per heavy atom. The zero-order chi connectivity index (χ0) is 19.4. The lowest BCUT2D eigenvalue weighted by Crippen LogP contribution is -2.17. The molecule has 0 N–H and O–H groups in total. The van der Waals surface area contributed by atoms with Gasteiger partial charge in [0.2, 0.25) is 0 Å². The minimum absolute atomic E-state index is 0.150. The molecule has 0 heteroatoms. The molecule has 1 aliphatic carbocycles. The van der Waals surface area contributed by atoms with Gasteiger partial charge < -0.3 is 0 Å². The van der Waals surface area contributed by atoms with Crippen LogP contribution in [0.5, 0.6) is 0 Å². The van der Waals surface area contributed by atoms with Gasteiger partial charge in [-0.05, 0) is 67.5 Å². The van der Waals surface area contributed by atoms with Crippen LogP contribution in [-0.4, -0.2) is 0 Å². The first-order chi connectivity index (χ1) is 12.6. The fourth-order valence-corrected chi connectivity index (χ4v) is 3.90. The maximum absolute atomic E-state index is 2.41. The summed E-state index contributed by atoms with van der Waals surface area (Å²) in [4.78, 5) is 0. The molecule has 0 heterocycles. The van der Waals surface area contributed by atoms with Gasteiger partial charge in [-0.15, -0.1) is 0 Å². The second-order valence-electron chi connectivity index (χ2n) is 10.0. The molecule has 0 nitrogen and oxygen atoms in total. The highest BCUT2D eigenvalue weighted by molar-refractivity contribution is 5.94. The molecule has 1 aliphatic rings. The van der Waals surface area contributed by atoms with Crippen LogP contribution in [0, 0.1) is 0 Å². The van der Waals surface area contributed by atoms with Crippen molar-refractivity contribution in [3.63, 3.8) is 0 Å². The summed E-state index contributed by atoms with van der Waals surface area (Å²) in [6, 6.07) is 20.6. The predicted octanol–water partition coefficient (Wildman–Crippen LogP) is 7.53. The van der Waals surface area contributed by atoms with Gasteiger partial charge in [-0.25, -0.2) is 0 Å². The van der Waals surface area contributed by atoms with E-state index < -0.39 is 0 Å². The van der Waals surface area contributed by atoms with E-state index in [4.69, 9.17) is 0 Å². The number of rotatable bonds is 1. The Hall–Kier alpha value is -2.34. The molecule has 0 atom stereocenters. The number of allylic oxidation sites excluding steroid dienone is 1. The third-order valence-electron chi connectivity index (χ3n) is 5.75. The Balaban J connectivity index is 1.82. The van der Waals surface area contributed by atoms with Crippen LogP contribution in [0.15, 0.2) is 54.6 Å². The van der Waals surface area contributed by atoms with E-state index in [2.05, 4.69) is 102 Å². The lowest BCUT2D eigenvalue weighted by atomic mass is 9.78. The van der Waals surface area contributed by atoms with Gasteiger partial charge in [0.1, 0.15) is 0 Å². The SMILES string of the molecule is CC(C)(C)c1cc(C2=Cc3cc4ccccc4cc3C2)cc(C(C)(C)C)c1. The van der Waals surface area contributed by atoms with Crippen LogP contribution in [0.2, 0.25) is 0 Å². The van der Waals surface area contributed by atoms with Crippen molar-refractivity contribution in [2.45, 2.75) is 58.8 Å². The zero-order valence-electron chi connectivity index (χ0n) is 17.5. The summed E-state index contributed by atoms with van der Waals surface area (Å²) < 4.78 is 0. The fraction of sp³-hybridized carbons (Fsp3) is 0.333. The van der Waals surface area contributed by atoms with E-state index in [1.807, 2.05) is 0 Å². The maximum atomic E-state index is 2.41. The lowest BCUT2D eigenvalue weighted by molar-refractivity contribution is 0.568. The highest BCUT2D eigenvalue weighted by atomic mass is 14.3. The van der Waals surface area contributed by atoms with Gasteiger partial charge >= 0.3 is 0 Å². The summed E-state index contributed by atoms with van der Waals surface area (Å²) >= 11 is 0. The van der Waals surface area contributed by atoms with Crippen molar-refractivity contribution in [3.05, 3.63) is 82.4 Å². The third-order valence-corrected chi connectivity index (χ3v) is 5.75. The van der Waals surface area contributed by atoms with Crippen LogP contribution >= 0.6 is 0 Å². The van der Waals surface area contributed by atoms with E-state index in [0.29, 0.717) is 0 Å². The normalized spacial score (nSPS) is 14.4. The van der Waals surface area contributed by atoms with E-state index in [1.165, 1.54) is 44.2 Å². The topological polar surface area (TPSA) is 0 Å². The first-order valence-corrected chi connectivity index (χ1v) is 10.00. The molecule has 0 aliphatic heterocycles. The van der Waals surface area contributed by atoms with Gasteiger partial charge in [0.25, 0.3) is 0 Å². The summed E-state index contributed by atoms with van der Waals surface area (Å²) in [5.74, 6) is 0. The molecule has 3 aromatic carbocycles. The molecule has 0 fully saturated rings. The highest BCUT2D eigenvalue weighted by Crippen LogP contribution is 2.38. The van der Waals surface area contributed by atoms with Crippen molar-refractivity contribution in [2.75, 3.05) is 0 Å². The van der Waals surface area contributed by atoms with Gasteiger partial charge in [-0.1, -0.05) is 96.1 Å². The highest BCUT2D eigenvalue weighted by Gasteiger charge is 2.23. The minimum Gasteiger partial charge on any atom is -0.0616 e. The molecule has 0 spiro atoms. The van der Waals surface area contributed by atoms with E-state index in [9.17, 15) is 0 Å². The molecular formula is C27H30. The Morgan fingerprint density at radius 2 is 1.22 bits per heavy atom. The molecule has 0 aromatic heterocycles. The molecule has 138 valence electrons. The van der Waals surface area contributed by atoms with Gasteiger partial charge in [-0.3, -0.25) is 0 Å². The molecule has 0 bridgehead atoms. The van der Waals surface area contributed by atoms with Crippen LogP contribution < -0.4 is 0 Å². The van der Waals surface area contributed by atoms with Crippen LogP contribution in [-0.2, 0) is 17.3 Å². The largest absolute Gasteiger partial charge is 0.0616 e. The summed E-state index contributed by atoms with van der Waals surface area (Å²) in [6.45, 7) is 13.9. The van der Waals surface area contributed by atoms with E-state index in [-0.39, 0.29) is 10.8 Å². The molecule has 0 unspecified atom stereocenters. The molecule has 4 rings (SSSR count). The summed E-state index contributed by atoms with van der Waals surface area (Å²) in [5, 5.41) is 2.66. The van der Waals surface area contributed by atoms with Crippen LogP contribution in [0.1, 0.15) is 69.4 Å². The van der Waals surface area contributed by atoms with Crippen molar-refractivity contribution in [3.8, 4) is 0 Å². The number of hydrogen-bond donors (Lipinski definition) is 0. The number of benzene rings is 3. The standard InChI is InChI=1S/C27H30/c1-26(2,3)24-15-23(16-25(17-24)27(4,5)6)22-13-20-11-18-9-7-8-10-19(18)12-21(20)14-22/h7-13,15-17H,14H2,1-6H3. The summed E-state index contributed by atoms with van der Waals surface area (Å²) in [7, 11) is 0. The van der Waals surface area contributed by atoms with E-state index in [0.717, 1.165) is 6.42 Å². The van der Waals surface area contributed by atoms with Crippen molar-refractivity contribution < 1.29 is 0 Å². The second kappa shape index (κ2) is 6.09. The maximum Gasteiger partial charge on any atom is -0.00134 e.